The molecule has 8 nitrogen and oxygen atoms in total. The van der Waals surface area contributed by atoms with E-state index in [1.807, 2.05) is 53.8 Å². The molecule has 0 spiro atoms. The average molecular weight is 487 g/mol. The van der Waals surface area contributed by atoms with Gasteiger partial charge in [-0.3, -0.25) is 14.0 Å². The molecule has 0 aliphatic heterocycles. The number of nitriles is 1. The predicted octanol–water partition coefficient (Wildman–Crippen LogP) is 4.17. The summed E-state index contributed by atoms with van der Waals surface area (Å²) in [6.45, 7) is 3.75. The summed E-state index contributed by atoms with van der Waals surface area (Å²) < 4.78 is 3.41. The third kappa shape index (κ3) is 4.08. The molecule has 1 N–H and O–H groups in total. The largest absolute Gasteiger partial charge is 0.337 e. The lowest BCUT2D eigenvalue weighted by Gasteiger charge is -2.32. The molecule has 5 rings (SSSR count). The number of rotatable bonds is 5. The van der Waals surface area contributed by atoms with E-state index < -0.39 is 10.8 Å². The number of hydrogen-bond acceptors (Lipinski definition) is 6. The molecule has 1 aliphatic rings. The second-order valence-corrected chi connectivity index (χ2v) is 10.4. The van der Waals surface area contributed by atoms with E-state index in [9.17, 15) is 14.9 Å². The van der Waals surface area contributed by atoms with Crippen LogP contribution in [0.4, 0.5) is 0 Å². The molecule has 2 heterocycles. The molecule has 2 aromatic heterocycles. The first-order chi connectivity index (χ1) is 16.9. The fourth-order valence-electron chi connectivity index (χ4n) is 4.76. The van der Waals surface area contributed by atoms with Crippen molar-refractivity contribution in [2.75, 3.05) is 0 Å². The molecular weight excluding hydrogens is 460 g/mol. The summed E-state index contributed by atoms with van der Waals surface area (Å²) in [6.07, 6.45) is 4.31. The first-order valence-electron chi connectivity index (χ1n) is 11.8. The van der Waals surface area contributed by atoms with Gasteiger partial charge in [0, 0.05) is 0 Å². The normalized spacial score (nSPS) is 16.1. The van der Waals surface area contributed by atoms with Crippen LogP contribution in [0.2, 0.25) is 0 Å². The zero-order valence-electron chi connectivity index (χ0n) is 19.7. The van der Waals surface area contributed by atoms with Crippen LogP contribution in [0.5, 0.6) is 0 Å². The topological polar surface area (TPSA) is 105 Å². The highest BCUT2D eigenvalue weighted by atomic mass is 32.2. The summed E-state index contributed by atoms with van der Waals surface area (Å²) in [5.41, 5.74) is 1.38. The summed E-state index contributed by atoms with van der Waals surface area (Å²) in [7, 11) is 0. The highest BCUT2D eigenvalue weighted by molar-refractivity contribution is 8.00. The molecule has 0 bridgehead atoms. The maximum atomic E-state index is 13.5. The van der Waals surface area contributed by atoms with Crippen LogP contribution in [0.1, 0.15) is 44.6 Å². The van der Waals surface area contributed by atoms with Gasteiger partial charge in [0.05, 0.1) is 27.9 Å². The Balaban J connectivity index is 1.57. The first kappa shape index (κ1) is 23.1. The Bertz CT molecular complexity index is 1530. The lowest BCUT2D eigenvalue weighted by atomic mass is 9.83. The number of nitrogens with one attached hydrogen (secondary N) is 1. The zero-order chi connectivity index (χ0) is 24.6. The quantitative estimate of drug-likeness (QED) is 0.425. The van der Waals surface area contributed by atoms with E-state index in [1.165, 1.54) is 11.8 Å². The highest BCUT2D eigenvalue weighted by Crippen LogP contribution is 2.30. The second kappa shape index (κ2) is 9.19. The average Bonchev–Trinajstić information content (AvgIpc) is 3.29. The number of thioether (sulfide) groups is 1. The summed E-state index contributed by atoms with van der Waals surface area (Å²) in [6, 6.07) is 17.3. The number of benzene rings is 2. The van der Waals surface area contributed by atoms with Gasteiger partial charge in [-0.2, -0.15) is 5.26 Å². The molecule has 1 saturated carbocycles. The van der Waals surface area contributed by atoms with Crippen LogP contribution in [-0.2, 0) is 4.79 Å². The van der Waals surface area contributed by atoms with Gasteiger partial charge in [0.2, 0.25) is 11.7 Å². The van der Waals surface area contributed by atoms with Crippen molar-refractivity contribution >= 4 is 34.3 Å². The van der Waals surface area contributed by atoms with Gasteiger partial charge < -0.3 is 5.32 Å². The molecular formula is C26H26N6O2S. The van der Waals surface area contributed by atoms with Gasteiger partial charge in [-0.25, -0.2) is 4.57 Å². The Hall–Kier alpha value is -3.64. The van der Waals surface area contributed by atoms with E-state index in [4.69, 9.17) is 0 Å². The Morgan fingerprint density at radius 2 is 1.83 bits per heavy atom. The van der Waals surface area contributed by atoms with Crippen molar-refractivity contribution in [1.29, 1.82) is 5.26 Å². The van der Waals surface area contributed by atoms with Crippen molar-refractivity contribution in [1.82, 2.24) is 24.5 Å². The molecule has 35 heavy (non-hydrogen) atoms. The van der Waals surface area contributed by atoms with Crippen LogP contribution in [0.25, 0.3) is 22.4 Å². The van der Waals surface area contributed by atoms with Crippen LogP contribution < -0.4 is 10.9 Å². The Morgan fingerprint density at radius 3 is 2.57 bits per heavy atom. The fraction of sp³-hybridized carbons (Fsp3) is 0.346. The van der Waals surface area contributed by atoms with Crippen LogP contribution in [0.15, 0.2) is 58.5 Å². The van der Waals surface area contributed by atoms with Crippen LogP contribution >= 0.6 is 11.8 Å². The number of aromatic nitrogens is 4. The van der Waals surface area contributed by atoms with E-state index in [0.717, 1.165) is 30.5 Å². The Morgan fingerprint density at radius 1 is 1.11 bits per heavy atom. The van der Waals surface area contributed by atoms with Crippen molar-refractivity contribution in [3.05, 3.63) is 64.4 Å². The maximum absolute atomic E-state index is 13.5. The number of fused-ring (bicyclic) bond motifs is 3. The van der Waals surface area contributed by atoms with Gasteiger partial charge in [-0.05, 0) is 50.5 Å². The zero-order valence-corrected chi connectivity index (χ0v) is 20.5. The number of carbonyl (C=O) groups excluding carboxylic acids is 1. The number of para-hydroxylation sites is 2. The molecule has 178 valence electrons. The fourth-order valence-corrected chi connectivity index (χ4v) is 5.61. The minimum Gasteiger partial charge on any atom is -0.337 e. The molecule has 1 aliphatic carbocycles. The third-order valence-corrected chi connectivity index (χ3v) is 7.73. The molecule has 1 amide bonds. The summed E-state index contributed by atoms with van der Waals surface area (Å²) in [5.74, 6) is 0.186. The molecule has 1 atom stereocenters. The molecule has 9 heteroatoms. The number of hydrogen-bond donors (Lipinski definition) is 1. The van der Waals surface area contributed by atoms with Gasteiger partial charge >= 0.3 is 0 Å². The van der Waals surface area contributed by atoms with E-state index in [2.05, 4.69) is 21.6 Å². The highest BCUT2D eigenvalue weighted by Gasteiger charge is 2.35. The lowest BCUT2D eigenvalue weighted by molar-refractivity contribution is -0.121. The monoisotopic (exact) mass is 486 g/mol. The van der Waals surface area contributed by atoms with Gasteiger partial charge in [-0.1, -0.05) is 61.4 Å². The van der Waals surface area contributed by atoms with Crippen LogP contribution in [0, 0.1) is 18.3 Å². The Kier molecular flexibility index (Phi) is 6.07. The smallest absolute Gasteiger partial charge is 0.267 e. The number of aryl methyl sites for hydroxylation is 1. The molecule has 0 saturated heterocycles. The third-order valence-electron chi connectivity index (χ3n) is 6.69. The van der Waals surface area contributed by atoms with E-state index in [-0.39, 0.29) is 11.5 Å². The molecule has 1 fully saturated rings. The number of carbonyl (C=O) groups is 1. The van der Waals surface area contributed by atoms with Crippen molar-refractivity contribution in [3.8, 4) is 11.8 Å². The minimum absolute atomic E-state index is 0.176. The first-order valence-corrected chi connectivity index (χ1v) is 12.7. The standard InChI is InChI=1S/C26H26N6O2S/c1-17-10-4-6-12-20(17)31-23(34)19-11-5-7-13-21(19)32-24(31)29-30-25(32)35-18(2)22(33)28-26(16-27)14-8-3-9-15-26/h4-7,10-13,18H,3,8-9,14-15H2,1-2H3,(H,28,33). The number of amides is 1. The van der Waals surface area contributed by atoms with E-state index in [1.54, 1.807) is 17.6 Å². The molecule has 2 aromatic carbocycles. The van der Waals surface area contributed by atoms with Crippen molar-refractivity contribution < 1.29 is 4.79 Å². The van der Waals surface area contributed by atoms with Crippen molar-refractivity contribution in [2.24, 2.45) is 0 Å². The molecule has 1 unspecified atom stereocenters. The van der Waals surface area contributed by atoms with Crippen molar-refractivity contribution in [2.45, 2.75) is 61.9 Å². The van der Waals surface area contributed by atoms with Crippen LogP contribution in [0.3, 0.4) is 0 Å². The maximum Gasteiger partial charge on any atom is 0.267 e. The SMILES string of the molecule is Cc1ccccc1-n1c(=O)c2ccccc2n2c(SC(C)C(=O)NC3(C#N)CCCCC3)nnc12. The van der Waals surface area contributed by atoms with Gasteiger partial charge in [-0.15, -0.1) is 10.2 Å². The van der Waals surface area contributed by atoms with Gasteiger partial charge in [0.1, 0.15) is 5.54 Å². The predicted molar refractivity (Wildman–Crippen MR) is 136 cm³/mol. The summed E-state index contributed by atoms with van der Waals surface area (Å²) in [4.78, 5) is 26.6. The summed E-state index contributed by atoms with van der Waals surface area (Å²) >= 11 is 1.27. The molecule has 0 radical (unpaired) electrons. The van der Waals surface area contributed by atoms with E-state index in [0.29, 0.717) is 34.7 Å². The number of nitrogens with zero attached hydrogens (tertiary/aromatic N) is 5. The van der Waals surface area contributed by atoms with Gasteiger partial charge in [0.15, 0.2) is 5.16 Å². The Labute approximate surface area is 207 Å². The molecule has 4 aromatic rings. The lowest BCUT2D eigenvalue weighted by Crippen LogP contribution is -2.50. The second-order valence-electron chi connectivity index (χ2n) is 9.07. The van der Waals surface area contributed by atoms with Crippen molar-refractivity contribution in [3.63, 3.8) is 0 Å². The summed E-state index contributed by atoms with van der Waals surface area (Å²) in [5, 5.41) is 22.0. The van der Waals surface area contributed by atoms with Crippen LogP contribution in [-0.4, -0.2) is 35.9 Å². The minimum atomic E-state index is -0.797. The van der Waals surface area contributed by atoms with E-state index >= 15 is 0 Å². The van der Waals surface area contributed by atoms with Gasteiger partial charge in [0.25, 0.3) is 5.56 Å².